The van der Waals surface area contributed by atoms with Gasteiger partial charge >= 0.3 is 36.0 Å². The summed E-state index contributed by atoms with van der Waals surface area (Å²) < 4.78 is 286. The number of carbonyl (C=O) groups excluding carboxylic acids is 2. The average molecular weight is 846 g/mol. The predicted octanol–water partition coefficient (Wildman–Crippen LogP) is 10.4. The van der Waals surface area contributed by atoms with E-state index in [0.29, 0.717) is 24.3 Å². The van der Waals surface area contributed by atoms with Gasteiger partial charge in [0.1, 0.15) is 11.1 Å². The summed E-state index contributed by atoms with van der Waals surface area (Å²) in [5.74, 6) is -54.3. The lowest BCUT2D eigenvalue weighted by Gasteiger charge is -2.49. The zero-order valence-electron chi connectivity index (χ0n) is 27.6. The lowest BCUT2D eigenvalue weighted by Crippen LogP contribution is -2.70. The molecule has 0 spiro atoms. The third kappa shape index (κ3) is 6.98. The Labute approximate surface area is 305 Å². The molecule has 0 fully saturated rings. The van der Waals surface area contributed by atoms with Crippen molar-refractivity contribution in [2.75, 3.05) is 0 Å². The fraction of sp³-hybridized carbons (Fsp3) is 0.235. The van der Waals surface area contributed by atoms with Crippen molar-refractivity contribution in [3.05, 3.63) is 141 Å². The van der Waals surface area contributed by atoms with Crippen molar-refractivity contribution in [2.45, 2.75) is 49.1 Å². The molecule has 0 amide bonds. The standard InChI is InChI=1S/C34H16F18O5/c1-29(33(49,50)55-27(53)13-9-5-3-6-10-13,31(45,46)15-17(35)21(39)25(43)22(40)18(15)36)57-30(2,34(51,52)56-28(54)14-11-7-4-8-12-14)32(47,48)16-19(37)23(41)26(44)24(42)20(16)38/h3-12H,1-2H3. The summed E-state index contributed by atoms with van der Waals surface area (Å²) in [5, 5.41) is 0. The highest BCUT2D eigenvalue weighted by Crippen LogP contribution is 2.60. The molecule has 0 saturated carbocycles. The molecule has 0 aliphatic rings. The van der Waals surface area contributed by atoms with Crippen molar-refractivity contribution in [3.8, 4) is 0 Å². The summed E-state index contributed by atoms with van der Waals surface area (Å²) in [5.41, 5.74) is -22.5. The third-order valence-corrected chi connectivity index (χ3v) is 8.23. The van der Waals surface area contributed by atoms with Crippen LogP contribution in [0.15, 0.2) is 60.7 Å². The average Bonchev–Trinajstić information content (AvgIpc) is 3.14. The smallest absolute Gasteiger partial charge is 0.395 e. The van der Waals surface area contributed by atoms with Gasteiger partial charge < -0.3 is 14.2 Å². The van der Waals surface area contributed by atoms with E-state index in [-0.39, 0.29) is 0 Å². The van der Waals surface area contributed by atoms with Crippen LogP contribution in [0.5, 0.6) is 0 Å². The largest absolute Gasteiger partial charge is 0.436 e. The summed E-state index contributed by atoms with van der Waals surface area (Å²) >= 11 is 0. The third-order valence-electron chi connectivity index (χ3n) is 8.23. The molecule has 0 radical (unpaired) electrons. The number of hydrogen-bond donors (Lipinski definition) is 0. The maximum absolute atomic E-state index is 16.5. The lowest BCUT2D eigenvalue weighted by atomic mass is 9.84. The molecule has 2 atom stereocenters. The van der Waals surface area contributed by atoms with Gasteiger partial charge in [0.25, 0.3) is 0 Å². The normalized spacial score (nSPS) is 14.8. The maximum atomic E-state index is 16.5. The van der Waals surface area contributed by atoms with E-state index in [2.05, 4.69) is 14.2 Å². The number of rotatable bonds is 12. The topological polar surface area (TPSA) is 61.8 Å². The number of esters is 2. The van der Waals surface area contributed by atoms with Crippen molar-refractivity contribution in [1.29, 1.82) is 0 Å². The number of alkyl halides is 8. The van der Waals surface area contributed by atoms with Crippen LogP contribution in [0.25, 0.3) is 0 Å². The number of ether oxygens (including phenoxy) is 3. The van der Waals surface area contributed by atoms with Crippen molar-refractivity contribution in [2.24, 2.45) is 0 Å². The van der Waals surface area contributed by atoms with E-state index in [1.165, 1.54) is 0 Å². The molecule has 57 heavy (non-hydrogen) atoms. The Hall–Kier alpha value is -5.48. The van der Waals surface area contributed by atoms with Gasteiger partial charge in [-0.05, 0) is 38.1 Å². The molecule has 4 aromatic rings. The first kappa shape index (κ1) is 44.2. The van der Waals surface area contributed by atoms with E-state index >= 15 is 35.1 Å². The Balaban J connectivity index is 2.16. The summed E-state index contributed by atoms with van der Waals surface area (Å²) in [4.78, 5) is 25.3. The maximum Gasteiger partial charge on any atom is 0.436 e. The van der Waals surface area contributed by atoms with Crippen molar-refractivity contribution < 1.29 is 103 Å². The van der Waals surface area contributed by atoms with Crippen LogP contribution in [0, 0.1) is 58.2 Å². The van der Waals surface area contributed by atoms with E-state index in [4.69, 9.17) is 0 Å². The minimum Gasteiger partial charge on any atom is -0.395 e. The molecule has 23 heteroatoms. The highest BCUT2D eigenvalue weighted by Gasteiger charge is 2.81. The fourth-order valence-electron chi connectivity index (χ4n) is 4.95. The van der Waals surface area contributed by atoms with Gasteiger partial charge in [0.15, 0.2) is 46.5 Å². The molecular formula is C34H16F18O5. The Morgan fingerprint density at radius 3 is 0.877 bits per heavy atom. The number of carbonyl (C=O) groups is 2. The first-order valence-corrected chi connectivity index (χ1v) is 14.9. The highest BCUT2D eigenvalue weighted by atomic mass is 19.3. The Kier molecular flexibility index (Phi) is 11.5. The second-order valence-corrected chi connectivity index (χ2v) is 11.8. The van der Waals surface area contributed by atoms with E-state index in [9.17, 15) is 53.5 Å². The molecule has 0 saturated heterocycles. The molecule has 5 nitrogen and oxygen atoms in total. The van der Waals surface area contributed by atoms with Gasteiger partial charge in [-0.2, -0.15) is 35.1 Å². The summed E-state index contributed by atoms with van der Waals surface area (Å²) in [7, 11) is 0. The van der Waals surface area contributed by atoms with E-state index < -0.39 is 141 Å². The molecule has 2 unspecified atom stereocenters. The van der Waals surface area contributed by atoms with Gasteiger partial charge in [0.2, 0.25) is 22.8 Å². The monoisotopic (exact) mass is 846 g/mol. The van der Waals surface area contributed by atoms with Crippen LogP contribution >= 0.6 is 0 Å². The summed E-state index contributed by atoms with van der Waals surface area (Å²) in [6, 6.07) is 7.93. The lowest BCUT2D eigenvalue weighted by molar-refractivity contribution is -0.454. The summed E-state index contributed by atoms with van der Waals surface area (Å²) in [6.07, 6.45) is -13.5. The molecule has 0 heterocycles. The van der Waals surface area contributed by atoms with Gasteiger partial charge in [0.05, 0.1) is 11.1 Å². The zero-order valence-corrected chi connectivity index (χ0v) is 27.6. The summed E-state index contributed by atoms with van der Waals surface area (Å²) in [6.45, 7) is -2.30. The molecule has 0 bridgehead atoms. The van der Waals surface area contributed by atoms with Gasteiger partial charge in [-0.3, -0.25) is 0 Å². The SMILES string of the molecule is CC(OC(C)(C(F)(F)OC(=O)c1ccccc1)C(F)(F)c1c(F)c(F)c(F)c(F)c1F)(C(F)(F)OC(=O)c1ccccc1)C(F)(F)c1c(F)c(F)c(F)c(F)c1F. The number of benzene rings is 4. The molecule has 4 rings (SSSR count). The van der Waals surface area contributed by atoms with Gasteiger partial charge in [-0.1, -0.05) is 36.4 Å². The molecular weight excluding hydrogens is 830 g/mol. The van der Waals surface area contributed by atoms with Crippen LogP contribution in [-0.2, 0) is 26.1 Å². The van der Waals surface area contributed by atoms with Crippen LogP contribution in [0.3, 0.4) is 0 Å². The van der Waals surface area contributed by atoms with Crippen molar-refractivity contribution in [3.63, 3.8) is 0 Å². The molecule has 0 N–H and O–H groups in total. The van der Waals surface area contributed by atoms with Crippen molar-refractivity contribution in [1.82, 2.24) is 0 Å². The molecule has 0 aliphatic heterocycles. The minimum absolute atomic E-state index is 0.567. The first-order chi connectivity index (χ1) is 26.0. The van der Waals surface area contributed by atoms with E-state index in [1.807, 2.05) is 0 Å². The number of hydrogen-bond acceptors (Lipinski definition) is 5. The number of halogens is 18. The van der Waals surface area contributed by atoms with Gasteiger partial charge in [-0.25, -0.2) is 53.5 Å². The molecule has 308 valence electrons. The van der Waals surface area contributed by atoms with E-state index in [1.54, 1.807) is 0 Å². The van der Waals surface area contributed by atoms with Gasteiger partial charge in [-0.15, -0.1) is 0 Å². The molecule has 0 aromatic heterocycles. The zero-order chi connectivity index (χ0) is 43.4. The minimum atomic E-state index is -7.01. The Morgan fingerprint density at radius 1 is 0.404 bits per heavy atom. The highest BCUT2D eigenvalue weighted by molar-refractivity contribution is 5.90. The van der Waals surface area contributed by atoms with Crippen molar-refractivity contribution >= 4 is 11.9 Å². The molecule has 0 aliphatic carbocycles. The van der Waals surface area contributed by atoms with Crippen LogP contribution in [0.1, 0.15) is 45.7 Å². The second kappa shape index (κ2) is 14.8. The van der Waals surface area contributed by atoms with Crippen LogP contribution in [0.2, 0.25) is 0 Å². The quantitative estimate of drug-likeness (QED) is 0.0615. The van der Waals surface area contributed by atoms with Gasteiger partial charge in [0, 0.05) is 0 Å². The first-order valence-electron chi connectivity index (χ1n) is 14.9. The Morgan fingerprint density at radius 2 is 0.632 bits per heavy atom. The molecule has 4 aromatic carbocycles. The van der Waals surface area contributed by atoms with Crippen LogP contribution in [0.4, 0.5) is 79.0 Å². The Bertz CT molecular complexity index is 2000. The fourth-order valence-corrected chi connectivity index (χ4v) is 4.95. The van der Waals surface area contributed by atoms with E-state index in [0.717, 1.165) is 36.4 Å². The van der Waals surface area contributed by atoms with Crippen LogP contribution in [-0.4, -0.2) is 35.4 Å². The predicted molar refractivity (Wildman–Crippen MR) is 152 cm³/mol. The second-order valence-electron chi connectivity index (χ2n) is 11.8. The van der Waals surface area contributed by atoms with Crippen LogP contribution < -0.4 is 0 Å².